The van der Waals surface area contributed by atoms with Crippen LogP contribution in [0.5, 0.6) is 0 Å². The summed E-state index contributed by atoms with van der Waals surface area (Å²) >= 11 is 0. The first kappa shape index (κ1) is 15.9. The number of aliphatic hydroxyl groups is 1. The Balaban J connectivity index is 1.62. The lowest BCUT2D eigenvalue weighted by Gasteiger charge is -2.38. The molecule has 1 aliphatic heterocycles. The van der Waals surface area contributed by atoms with Gasteiger partial charge in [0.15, 0.2) is 11.5 Å². The summed E-state index contributed by atoms with van der Waals surface area (Å²) < 4.78 is 3.31. The number of aryl methyl sites for hydroxylation is 1. The van der Waals surface area contributed by atoms with E-state index < -0.39 is 5.60 Å². The zero-order valence-corrected chi connectivity index (χ0v) is 14.7. The summed E-state index contributed by atoms with van der Waals surface area (Å²) in [6.45, 7) is 7.17. The van der Waals surface area contributed by atoms with Gasteiger partial charge in [-0.2, -0.15) is 0 Å². The highest BCUT2D eigenvalue weighted by atomic mass is 16.3. The van der Waals surface area contributed by atoms with E-state index in [1.165, 1.54) is 4.63 Å². The first-order valence-electron chi connectivity index (χ1n) is 8.55. The average Bonchev–Trinajstić information content (AvgIpc) is 3.20. The van der Waals surface area contributed by atoms with Crippen molar-refractivity contribution in [2.24, 2.45) is 0 Å². The van der Waals surface area contributed by atoms with Gasteiger partial charge in [0.1, 0.15) is 17.1 Å². The topological polar surface area (TPSA) is 97.3 Å². The number of anilines is 1. The molecule has 3 aromatic rings. The molecule has 1 fully saturated rings. The van der Waals surface area contributed by atoms with Gasteiger partial charge in [0.05, 0.1) is 12.7 Å². The molecular weight excluding hydrogens is 320 g/mol. The normalized spacial score (nSPS) is 21.4. The number of aromatic nitrogens is 7. The number of piperidine rings is 1. The van der Waals surface area contributed by atoms with Gasteiger partial charge in [0.25, 0.3) is 0 Å². The molecule has 1 N–H and O–H groups in total. The van der Waals surface area contributed by atoms with Crippen LogP contribution in [-0.2, 0) is 5.60 Å². The largest absolute Gasteiger partial charge is 0.382 e. The molecule has 0 bridgehead atoms. The van der Waals surface area contributed by atoms with Crippen molar-refractivity contribution < 1.29 is 5.11 Å². The Morgan fingerprint density at radius 1 is 1.24 bits per heavy atom. The molecule has 132 valence electrons. The molecular formula is C16H22N8O. The molecule has 0 saturated carbocycles. The van der Waals surface area contributed by atoms with Crippen molar-refractivity contribution in [3.05, 3.63) is 29.8 Å². The van der Waals surface area contributed by atoms with Gasteiger partial charge in [0.2, 0.25) is 0 Å². The lowest BCUT2D eigenvalue weighted by Crippen LogP contribution is -2.47. The Kier molecular flexibility index (Phi) is 3.68. The Morgan fingerprint density at radius 2 is 2.08 bits per heavy atom. The third-order valence-electron chi connectivity index (χ3n) is 4.61. The third kappa shape index (κ3) is 2.84. The Labute approximate surface area is 145 Å². The molecule has 1 aliphatic rings. The number of β-amino-alcohol motifs (C(OH)–C–C–N with tert-alkyl or cyclic N) is 1. The maximum atomic E-state index is 11.2. The maximum Gasteiger partial charge on any atom is 0.176 e. The zero-order chi connectivity index (χ0) is 17.6. The third-order valence-corrected chi connectivity index (χ3v) is 4.61. The fraction of sp³-hybridized carbons (Fsp3) is 0.562. The van der Waals surface area contributed by atoms with Crippen molar-refractivity contribution in [2.75, 3.05) is 18.0 Å². The van der Waals surface area contributed by atoms with Crippen LogP contribution in [-0.4, -0.2) is 53.0 Å². The van der Waals surface area contributed by atoms with Crippen molar-refractivity contribution in [1.82, 2.24) is 34.8 Å². The number of hydrogen-bond acceptors (Lipinski definition) is 7. The lowest BCUT2D eigenvalue weighted by atomic mass is 9.90. The molecule has 0 spiro atoms. The second kappa shape index (κ2) is 5.76. The first-order valence-corrected chi connectivity index (χ1v) is 8.55. The van der Waals surface area contributed by atoms with E-state index in [9.17, 15) is 5.11 Å². The van der Waals surface area contributed by atoms with Crippen molar-refractivity contribution in [3.8, 4) is 0 Å². The Bertz CT molecular complexity index is 901. The van der Waals surface area contributed by atoms with Crippen LogP contribution in [0.2, 0.25) is 0 Å². The number of fused-ring (bicyclic) bond motifs is 1. The minimum absolute atomic E-state index is 0.212. The fourth-order valence-corrected chi connectivity index (χ4v) is 3.23. The van der Waals surface area contributed by atoms with Gasteiger partial charge in [-0.3, -0.25) is 0 Å². The van der Waals surface area contributed by atoms with Crippen molar-refractivity contribution in [3.63, 3.8) is 0 Å². The summed E-state index contributed by atoms with van der Waals surface area (Å²) in [5, 5.41) is 28.3. The second-order valence-corrected chi connectivity index (χ2v) is 6.93. The predicted molar refractivity (Wildman–Crippen MR) is 91.3 cm³/mol. The minimum Gasteiger partial charge on any atom is -0.382 e. The van der Waals surface area contributed by atoms with Gasteiger partial charge in [-0.1, -0.05) is 5.21 Å². The van der Waals surface area contributed by atoms with Crippen LogP contribution >= 0.6 is 0 Å². The molecule has 9 heteroatoms. The molecule has 0 unspecified atom stereocenters. The molecule has 25 heavy (non-hydrogen) atoms. The van der Waals surface area contributed by atoms with E-state index >= 15 is 0 Å². The minimum atomic E-state index is -1.03. The molecule has 4 rings (SSSR count). The van der Waals surface area contributed by atoms with Crippen LogP contribution in [0, 0.1) is 6.92 Å². The molecule has 1 atom stereocenters. The van der Waals surface area contributed by atoms with Crippen LogP contribution in [0.25, 0.3) is 5.65 Å². The maximum absolute atomic E-state index is 11.2. The summed E-state index contributed by atoms with van der Waals surface area (Å²) in [4.78, 5) is 6.36. The summed E-state index contributed by atoms with van der Waals surface area (Å²) in [5.41, 5.74) is 0.303. The van der Waals surface area contributed by atoms with Crippen molar-refractivity contribution in [1.29, 1.82) is 0 Å². The Hall–Kier alpha value is -2.55. The predicted octanol–water partition coefficient (Wildman–Crippen LogP) is 1.09. The molecule has 9 nitrogen and oxygen atoms in total. The van der Waals surface area contributed by atoms with Gasteiger partial charge >= 0.3 is 0 Å². The molecule has 3 aromatic heterocycles. The highest BCUT2D eigenvalue weighted by Crippen LogP contribution is 2.32. The monoisotopic (exact) mass is 342 g/mol. The SMILES string of the molecule is Cc1nc2ccc(N3CCC[C@](O)(c4cn(C(C)C)nn4)C3)nn2n1. The van der Waals surface area contributed by atoms with E-state index in [0.717, 1.165) is 18.8 Å². The average molecular weight is 342 g/mol. The highest BCUT2D eigenvalue weighted by molar-refractivity contribution is 5.46. The summed E-state index contributed by atoms with van der Waals surface area (Å²) in [7, 11) is 0. The van der Waals surface area contributed by atoms with Crippen LogP contribution < -0.4 is 4.90 Å². The number of rotatable bonds is 3. The van der Waals surface area contributed by atoms with Crippen LogP contribution in [0.1, 0.15) is 44.2 Å². The van der Waals surface area contributed by atoms with Crippen molar-refractivity contribution >= 4 is 11.5 Å². The number of hydrogen-bond donors (Lipinski definition) is 1. The molecule has 0 amide bonds. The smallest absolute Gasteiger partial charge is 0.176 e. The fourth-order valence-electron chi connectivity index (χ4n) is 3.23. The van der Waals surface area contributed by atoms with Gasteiger partial charge in [-0.25, -0.2) is 9.67 Å². The highest BCUT2D eigenvalue weighted by Gasteiger charge is 2.38. The molecule has 0 aromatic carbocycles. The standard InChI is InChI=1S/C16H22N8O/c1-11(2)23-9-13(18-21-23)16(25)7-4-8-22(10-16)15-6-5-14-17-12(3)19-24(14)20-15/h5-6,9,11,25H,4,7-8,10H2,1-3H3/t16-/m1/s1. The lowest BCUT2D eigenvalue weighted by molar-refractivity contribution is 0.0174. The van der Waals surface area contributed by atoms with E-state index in [2.05, 4.69) is 30.4 Å². The summed E-state index contributed by atoms with van der Waals surface area (Å²) in [5.74, 6) is 1.46. The van der Waals surface area contributed by atoms with E-state index in [4.69, 9.17) is 0 Å². The zero-order valence-electron chi connectivity index (χ0n) is 14.7. The Morgan fingerprint density at radius 3 is 2.84 bits per heavy atom. The van der Waals surface area contributed by atoms with Crippen LogP contribution in [0.4, 0.5) is 5.82 Å². The van der Waals surface area contributed by atoms with E-state index in [1.54, 1.807) is 4.68 Å². The number of nitrogens with zero attached hydrogens (tertiary/aromatic N) is 8. The molecule has 1 saturated heterocycles. The summed E-state index contributed by atoms with van der Waals surface area (Å²) in [6, 6.07) is 4.02. The van der Waals surface area contributed by atoms with E-state index in [-0.39, 0.29) is 6.04 Å². The van der Waals surface area contributed by atoms with Gasteiger partial charge in [0, 0.05) is 12.6 Å². The van der Waals surface area contributed by atoms with Crippen molar-refractivity contribution in [2.45, 2.75) is 45.3 Å². The molecule has 0 aliphatic carbocycles. The summed E-state index contributed by atoms with van der Waals surface area (Å²) in [6.07, 6.45) is 3.34. The van der Waals surface area contributed by atoms with Crippen LogP contribution in [0.3, 0.4) is 0 Å². The second-order valence-electron chi connectivity index (χ2n) is 6.93. The first-order chi connectivity index (χ1) is 11.9. The molecule has 0 radical (unpaired) electrons. The van der Waals surface area contributed by atoms with Gasteiger partial charge < -0.3 is 10.0 Å². The van der Waals surface area contributed by atoms with Gasteiger partial charge in [-0.05, 0) is 45.7 Å². The quantitative estimate of drug-likeness (QED) is 0.761. The van der Waals surface area contributed by atoms with E-state index in [0.29, 0.717) is 30.1 Å². The van der Waals surface area contributed by atoms with Gasteiger partial charge in [-0.15, -0.1) is 19.9 Å². The van der Waals surface area contributed by atoms with E-state index in [1.807, 2.05) is 39.1 Å². The molecule has 4 heterocycles. The van der Waals surface area contributed by atoms with Crippen LogP contribution in [0.15, 0.2) is 18.3 Å².